The molecule has 98 valence electrons. The molecule has 18 heavy (non-hydrogen) atoms. The summed E-state index contributed by atoms with van der Waals surface area (Å²) in [6.45, 7) is 0. The van der Waals surface area contributed by atoms with Gasteiger partial charge in [-0.15, -0.1) is 0 Å². The van der Waals surface area contributed by atoms with Crippen LogP contribution < -0.4 is 4.90 Å². The maximum absolute atomic E-state index is 12.0. The summed E-state index contributed by atoms with van der Waals surface area (Å²) in [5.41, 5.74) is 0.837. The summed E-state index contributed by atoms with van der Waals surface area (Å²) < 4.78 is 0. The number of rotatable bonds is 4. The molecule has 1 saturated carbocycles. The van der Waals surface area contributed by atoms with E-state index in [-0.39, 0.29) is 11.7 Å². The minimum Gasteiger partial charge on any atom is -0.508 e. The van der Waals surface area contributed by atoms with Crippen molar-refractivity contribution < 1.29 is 9.90 Å². The topological polar surface area (TPSA) is 40.5 Å². The van der Waals surface area contributed by atoms with Crippen LogP contribution >= 0.6 is 0 Å². The van der Waals surface area contributed by atoms with E-state index in [0.717, 1.165) is 18.0 Å². The monoisotopic (exact) mass is 247 g/mol. The zero-order chi connectivity index (χ0) is 13.0. The Hall–Kier alpha value is -1.51. The standard InChI is InChI=1S/C15H21NO2/c1-16(13-7-9-14(17)10-8-13)15(18)11-6-12-4-2-3-5-12/h7-10,12,17H,2-6,11H2,1H3. The first-order chi connectivity index (χ1) is 8.66. The second kappa shape index (κ2) is 5.89. The summed E-state index contributed by atoms with van der Waals surface area (Å²) in [6.07, 6.45) is 6.87. The first kappa shape index (κ1) is 12.9. The first-order valence-corrected chi connectivity index (χ1v) is 6.72. The Kier molecular flexibility index (Phi) is 4.24. The van der Waals surface area contributed by atoms with Gasteiger partial charge in [-0.25, -0.2) is 0 Å². The molecule has 0 unspecified atom stereocenters. The third-order valence-corrected chi connectivity index (χ3v) is 3.85. The van der Waals surface area contributed by atoms with E-state index in [4.69, 9.17) is 0 Å². The molecule has 1 aromatic rings. The Morgan fingerprint density at radius 1 is 1.28 bits per heavy atom. The van der Waals surface area contributed by atoms with Crippen molar-refractivity contribution in [2.24, 2.45) is 5.92 Å². The van der Waals surface area contributed by atoms with Crippen LogP contribution in [0.5, 0.6) is 5.75 Å². The number of phenols is 1. The van der Waals surface area contributed by atoms with Crippen molar-refractivity contribution in [2.45, 2.75) is 38.5 Å². The molecule has 1 aromatic carbocycles. The zero-order valence-corrected chi connectivity index (χ0v) is 10.9. The second-order valence-corrected chi connectivity index (χ2v) is 5.16. The lowest BCUT2D eigenvalue weighted by Crippen LogP contribution is -2.26. The van der Waals surface area contributed by atoms with E-state index in [2.05, 4.69) is 0 Å². The molecule has 3 nitrogen and oxygen atoms in total. The number of anilines is 1. The highest BCUT2D eigenvalue weighted by Gasteiger charge is 2.18. The third kappa shape index (κ3) is 3.25. The van der Waals surface area contributed by atoms with E-state index in [1.807, 2.05) is 0 Å². The summed E-state index contributed by atoms with van der Waals surface area (Å²) in [5, 5.41) is 9.22. The minimum atomic E-state index is 0.160. The molecule has 0 atom stereocenters. The Morgan fingerprint density at radius 3 is 2.50 bits per heavy atom. The molecule has 1 N–H and O–H groups in total. The number of phenolic OH excluding ortho intramolecular Hbond substituents is 1. The number of aromatic hydroxyl groups is 1. The van der Waals surface area contributed by atoms with Gasteiger partial charge in [-0.05, 0) is 36.6 Å². The number of hydrogen-bond acceptors (Lipinski definition) is 2. The summed E-state index contributed by atoms with van der Waals surface area (Å²) >= 11 is 0. The lowest BCUT2D eigenvalue weighted by Gasteiger charge is -2.18. The molecule has 0 saturated heterocycles. The van der Waals surface area contributed by atoms with Gasteiger partial charge in [0.2, 0.25) is 5.91 Å². The molecular weight excluding hydrogens is 226 g/mol. The van der Waals surface area contributed by atoms with E-state index in [1.165, 1.54) is 25.7 Å². The van der Waals surface area contributed by atoms with E-state index in [1.54, 1.807) is 36.2 Å². The number of carbonyl (C=O) groups excluding carboxylic acids is 1. The first-order valence-electron chi connectivity index (χ1n) is 6.72. The Labute approximate surface area is 108 Å². The van der Waals surface area contributed by atoms with Gasteiger partial charge in [-0.1, -0.05) is 25.7 Å². The lowest BCUT2D eigenvalue weighted by atomic mass is 10.0. The van der Waals surface area contributed by atoms with Crippen LogP contribution in [0.15, 0.2) is 24.3 Å². The Bertz CT molecular complexity index is 393. The van der Waals surface area contributed by atoms with E-state index in [0.29, 0.717) is 6.42 Å². The molecule has 0 radical (unpaired) electrons. The molecule has 1 aliphatic rings. The molecule has 1 amide bonds. The molecule has 1 aliphatic carbocycles. The second-order valence-electron chi connectivity index (χ2n) is 5.16. The summed E-state index contributed by atoms with van der Waals surface area (Å²) in [6, 6.07) is 6.75. The summed E-state index contributed by atoms with van der Waals surface area (Å²) in [7, 11) is 1.80. The van der Waals surface area contributed by atoms with Crippen molar-refractivity contribution >= 4 is 11.6 Å². The summed E-state index contributed by atoms with van der Waals surface area (Å²) in [4.78, 5) is 13.7. The van der Waals surface area contributed by atoms with E-state index < -0.39 is 0 Å². The van der Waals surface area contributed by atoms with Gasteiger partial charge in [0.25, 0.3) is 0 Å². The zero-order valence-electron chi connectivity index (χ0n) is 10.9. The van der Waals surface area contributed by atoms with E-state index >= 15 is 0 Å². The molecule has 1 fully saturated rings. The number of nitrogens with zero attached hydrogens (tertiary/aromatic N) is 1. The molecule has 0 spiro atoms. The SMILES string of the molecule is CN(C(=O)CCC1CCCC1)c1ccc(O)cc1. The van der Waals surface area contributed by atoms with Crippen LogP contribution in [0.4, 0.5) is 5.69 Å². The smallest absolute Gasteiger partial charge is 0.226 e. The average Bonchev–Trinajstić information content (AvgIpc) is 2.89. The molecule has 0 heterocycles. The van der Waals surface area contributed by atoms with Crippen LogP contribution in [0, 0.1) is 5.92 Å². The van der Waals surface area contributed by atoms with Gasteiger partial charge in [-0.2, -0.15) is 0 Å². The quantitative estimate of drug-likeness (QED) is 0.886. The minimum absolute atomic E-state index is 0.160. The number of amides is 1. The molecule has 0 aliphatic heterocycles. The fraction of sp³-hybridized carbons (Fsp3) is 0.533. The van der Waals surface area contributed by atoms with Gasteiger partial charge in [0.1, 0.15) is 5.75 Å². The highest BCUT2D eigenvalue weighted by molar-refractivity contribution is 5.92. The van der Waals surface area contributed by atoms with Crippen molar-refractivity contribution in [3.8, 4) is 5.75 Å². The summed E-state index contributed by atoms with van der Waals surface area (Å²) in [5.74, 6) is 1.14. The van der Waals surface area contributed by atoms with Crippen LogP contribution in [0.1, 0.15) is 38.5 Å². The largest absolute Gasteiger partial charge is 0.508 e. The van der Waals surface area contributed by atoms with Crippen molar-refractivity contribution in [3.63, 3.8) is 0 Å². The maximum atomic E-state index is 12.0. The average molecular weight is 247 g/mol. The molecule has 0 bridgehead atoms. The van der Waals surface area contributed by atoms with Gasteiger partial charge in [0.15, 0.2) is 0 Å². The number of carbonyl (C=O) groups is 1. The van der Waals surface area contributed by atoms with Gasteiger partial charge in [0, 0.05) is 19.2 Å². The maximum Gasteiger partial charge on any atom is 0.226 e. The predicted molar refractivity (Wildman–Crippen MR) is 72.7 cm³/mol. The third-order valence-electron chi connectivity index (χ3n) is 3.85. The van der Waals surface area contributed by atoms with E-state index in [9.17, 15) is 9.90 Å². The normalized spacial score (nSPS) is 15.8. The van der Waals surface area contributed by atoms with Gasteiger partial charge >= 0.3 is 0 Å². The van der Waals surface area contributed by atoms with Crippen molar-refractivity contribution in [2.75, 3.05) is 11.9 Å². The highest BCUT2D eigenvalue weighted by Crippen LogP contribution is 2.29. The lowest BCUT2D eigenvalue weighted by molar-refractivity contribution is -0.118. The molecule has 2 rings (SSSR count). The van der Waals surface area contributed by atoms with Crippen LogP contribution in [0.3, 0.4) is 0 Å². The van der Waals surface area contributed by atoms with Crippen LogP contribution in [-0.4, -0.2) is 18.1 Å². The van der Waals surface area contributed by atoms with Crippen molar-refractivity contribution in [3.05, 3.63) is 24.3 Å². The molecule has 0 aromatic heterocycles. The van der Waals surface area contributed by atoms with Crippen molar-refractivity contribution in [1.82, 2.24) is 0 Å². The van der Waals surface area contributed by atoms with Crippen molar-refractivity contribution in [1.29, 1.82) is 0 Å². The number of benzene rings is 1. The predicted octanol–water partition coefficient (Wildman–Crippen LogP) is 3.33. The van der Waals surface area contributed by atoms with Gasteiger partial charge in [0.05, 0.1) is 0 Å². The molecule has 3 heteroatoms. The molecular formula is C15H21NO2. The Balaban J connectivity index is 1.85. The fourth-order valence-electron chi connectivity index (χ4n) is 2.61. The Morgan fingerprint density at radius 2 is 1.89 bits per heavy atom. The van der Waals surface area contributed by atoms with Gasteiger partial charge < -0.3 is 10.0 Å². The van der Waals surface area contributed by atoms with Crippen LogP contribution in [-0.2, 0) is 4.79 Å². The van der Waals surface area contributed by atoms with Crippen LogP contribution in [0.25, 0.3) is 0 Å². The number of hydrogen-bond donors (Lipinski definition) is 1. The van der Waals surface area contributed by atoms with Crippen LogP contribution in [0.2, 0.25) is 0 Å². The fourth-order valence-corrected chi connectivity index (χ4v) is 2.61. The van der Waals surface area contributed by atoms with Gasteiger partial charge in [-0.3, -0.25) is 4.79 Å². The highest BCUT2D eigenvalue weighted by atomic mass is 16.3.